The number of nitrogens with zero attached hydrogens (tertiary/aromatic N) is 2. The van der Waals surface area contributed by atoms with Gasteiger partial charge in [0.15, 0.2) is 11.6 Å². The lowest BCUT2D eigenvalue weighted by Crippen LogP contribution is -2.49. The van der Waals surface area contributed by atoms with Crippen molar-refractivity contribution >= 4 is 5.91 Å². The number of carbonyl (C=O) groups is 1. The summed E-state index contributed by atoms with van der Waals surface area (Å²) < 4.78 is 18.9. The van der Waals surface area contributed by atoms with Gasteiger partial charge in [-0.25, -0.2) is 4.39 Å². The van der Waals surface area contributed by atoms with E-state index in [1.54, 1.807) is 18.2 Å². The van der Waals surface area contributed by atoms with E-state index in [-0.39, 0.29) is 11.7 Å². The molecular weight excluding hydrogens is 283 g/mol. The number of amides is 1. The van der Waals surface area contributed by atoms with Crippen molar-refractivity contribution < 1.29 is 13.9 Å². The molecule has 5 heteroatoms. The molecule has 2 rings (SSSR count). The van der Waals surface area contributed by atoms with Gasteiger partial charge in [-0.3, -0.25) is 9.69 Å². The molecule has 0 unspecified atom stereocenters. The standard InChI is InChI=1S/C17H25FN2O2/c1-2-3-8-17(21)20-11-9-19(10-12-20)13-14-22-16-7-5-4-6-15(16)18/h4-7H,2-3,8-14H2,1H3. The van der Waals surface area contributed by atoms with Gasteiger partial charge in [0.25, 0.3) is 0 Å². The molecule has 0 atom stereocenters. The number of rotatable bonds is 7. The first-order valence-electron chi connectivity index (χ1n) is 8.08. The molecule has 1 aliphatic rings. The van der Waals surface area contributed by atoms with Crippen molar-refractivity contribution in [3.8, 4) is 5.75 Å². The minimum Gasteiger partial charge on any atom is -0.489 e. The van der Waals surface area contributed by atoms with Gasteiger partial charge >= 0.3 is 0 Å². The van der Waals surface area contributed by atoms with Crippen LogP contribution in [0.4, 0.5) is 4.39 Å². The molecule has 122 valence electrons. The summed E-state index contributed by atoms with van der Waals surface area (Å²) in [6.45, 7) is 6.60. The van der Waals surface area contributed by atoms with Crippen molar-refractivity contribution in [2.24, 2.45) is 0 Å². The average molecular weight is 308 g/mol. The number of piperazine rings is 1. The number of hydrogen-bond acceptors (Lipinski definition) is 3. The van der Waals surface area contributed by atoms with Crippen LogP contribution in [0.15, 0.2) is 24.3 Å². The van der Waals surface area contributed by atoms with Gasteiger partial charge in [-0.1, -0.05) is 25.5 Å². The Morgan fingerprint density at radius 1 is 1.23 bits per heavy atom. The molecule has 1 aromatic carbocycles. The highest BCUT2D eigenvalue weighted by atomic mass is 19.1. The number of para-hydroxylation sites is 1. The van der Waals surface area contributed by atoms with Crippen LogP contribution in [0.5, 0.6) is 5.75 Å². The molecule has 22 heavy (non-hydrogen) atoms. The smallest absolute Gasteiger partial charge is 0.222 e. The zero-order valence-electron chi connectivity index (χ0n) is 13.3. The maximum absolute atomic E-state index is 13.4. The van der Waals surface area contributed by atoms with Gasteiger partial charge in [0, 0.05) is 39.1 Å². The molecule has 1 aromatic rings. The number of unbranched alkanes of at least 4 members (excludes halogenated alkanes) is 1. The normalized spacial score (nSPS) is 15.8. The van der Waals surface area contributed by atoms with Crippen LogP contribution in [0, 0.1) is 5.82 Å². The molecule has 4 nitrogen and oxygen atoms in total. The third-order valence-electron chi connectivity index (χ3n) is 3.97. The molecule has 1 fully saturated rings. The van der Waals surface area contributed by atoms with Gasteiger partial charge in [-0.05, 0) is 18.6 Å². The Kier molecular flexibility index (Phi) is 6.65. The molecule has 1 saturated heterocycles. The fourth-order valence-corrected chi connectivity index (χ4v) is 2.55. The highest BCUT2D eigenvalue weighted by Gasteiger charge is 2.20. The highest BCUT2D eigenvalue weighted by molar-refractivity contribution is 5.76. The molecule has 0 saturated carbocycles. The van der Waals surface area contributed by atoms with E-state index < -0.39 is 0 Å². The molecule has 0 spiro atoms. The van der Waals surface area contributed by atoms with E-state index in [4.69, 9.17) is 4.74 Å². The van der Waals surface area contributed by atoms with Crippen LogP contribution in [0.1, 0.15) is 26.2 Å². The Morgan fingerprint density at radius 2 is 1.95 bits per heavy atom. The number of benzene rings is 1. The van der Waals surface area contributed by atoms with Crippen LogP contribution in [-0.4, -0.2) is 55.0 Å². The summed E-state index contributed by atoms with van der Waals surface area (Å²) in [5.41, 5.74) is 0. The van der Waals surface area contributed by atoms with Gasteiger partial charge in [0.05, 0.1) is 0 Å². The van der Waals surface area contributed by atoms with Crippen LogP contribution in [0.3, 0.4) is 0 Å². The SMILES string of the molecule is CCCCC(=O)N1CCN(CCOc2ccccc2F)CC1. The van der Waals surface area contributed by atoms with Crippen LogP contribution in [0.2, 0.25) is 0 Å². The van der Waals surface area contributed by atoms with Crippen LogP contribution in [-0.2, 0) is 4.79 Å². The summed E-state index contributed by atoms with van der Waals surface area (Å²) in [5, 5.41) is 0. The molecular formula is C17H25FN2O2. The Bertz CT molecular complexity index is 473. The van der Waals surface area contributed by atoms with Crippen molar-refractivity contribution in [3.63, 3.8) is 0 Å². The van der Waals surface area contributed by atoms with Crippen molar-refractivity contribution in [1.29, 1.82) is 0 Å². The zero-order valence-corrected chi connectivity index (χ0v) is 13.3. The predicted molar refractivity (Wildman–Crippen MR) is 84.4 cm³/mol. The summed E-state index contributed by atoms with van der Waals surface area (Å²) in [6, 6.07) is 6.45. The molecule has 0 bridgehead atoms. The Labute approximate surface area is 131 Å². The van der Waals surface area contributed by atoms with Crippen molar-refractivity contribution in [3.05, 3.63) is 30.1 Å². The summed E-state index contributed by atoms with van der Waals surface area (Å²) >= 11 is 0. The maximum atomic E-state index is 13.4. The Morgan fingerprint density at radius 3 is 2.64 bits per heavy atom. The minimum absolute atomic E-state index is 0.268. The fourth-order valence-electron chi connectivity index (χ4n) is 2.55. The number of ether oxygens (including phenoxy) is 1. The van der Waals surface area contributed by atoms with E-state index in [1.807, 2.05) is 4.90 Å². The van der Waals surface area contributed by atoms with Crippen LogP contribution in [0.25, 0.3) is 0 Å². The van der Waals surface area contributed by atoms with Gasteiger partial charge in [0.1, 0.15) is 6.61 Å². The van der Waals surface area contributed by atoms with E-state index in [9.17, 15) is 9.18 Å². The topological polar surface area (TPSA) is 32.8 Å². The van der Waals surface area contributed by atoms with Gasteiger partial charge in [-0.15, -0.1) is 0 Å². The molecule has 1 amide bonds. The second-order valence-corrected chi connectivity index (χ2v) is 5.60. The van der Waals surface area contributed by atoms with Crippen LogP contribution >= 0.6 is 0 Å². The number of carbonyl (C=O) groups excluding carboxylic acids is 1. The second kappa shape index (κ2) is 8.73. The van der Waals surface area contributed by atoms with Crippen LogP contribution < -0.4 is 4.74 Å². The molecule has 0 radical (unpaired) electrons. The lowest BCUT2D eigenvalue weighted by atomic mass is 10.2. The Hall–Kier alpha value is -1.62. The number of hydrogen-bond donors (Lipinski definition) is 0. The predicted octanol–water partition coefficient (Wildman–Crippen LogP) is 2.54. The van der Waals surface area contributed by atoms with Gasteiger partial charge < -0.3 is 9.64 Å². The summed E-state index contributed by atoms with van der Waals surface area (Å²) in [7, 11) is 0. The first kappa shape index (κ1) is 16.7. The lowest BCUT2D eigenvalue weighted by Gasteiger charge is -2.34. The molecule has 1 aliphatic heterocycles. The van der Waals surface area contributed by atoms with Crippen molar-refractivity contribution in [1.82, 2.24) is 9.80 Å². The Balaban J connectivity index is 1.65. The van der Waals surface area contributed by atoms with Crippen molar-refractivity contribution in [2.45, 2.75) is 26.2 Å². The fraction of sp³-hybridized carbons (Fsp3) is 0.588. The summed E-state index contributed by atoms with van der Waals surface area (Å²) in [5.74, 6) is 0.244. The zero-order chi connectivity index (χ0) is 15.8. The van der Waals surface area contributed by atoms with Gasteiger partial charge in [0.2, 0.25) is 5.91 Å². The first-order chi connectivity index (χ1) is 10.7. The molecule has 0 aliphatic carbocycles. The largest absolute Gasteiger partial charge is 0.489 e. The van der Waals surface area contributed by atoms with E-state index in [0.29, 0.717) is 18.8 Å². The molecule has 0 N–H and O–H groups in total. The van der Waals surface area contributed by atoms with E-state index >= 15 is 0 Å². The molecule has 1 heterocycles. The average Bonchev–Trinajstić information content (AvgIpc) is 2.55. The van der Waals surface area contributed by atoms with Gasteiger partial charge in [-0.2, -0.15) is 0 Å². The molecule has 0 aromatic heterocycles. The van der Waals surface area contributed by atoms with E-state index in [0.717, 1.165) is 45.6 Å². The first-order valence-corrected chi connectivity index (χ1v) is 8.08. The third-order valence-corrected chi connectivity index (χ3v) is 3.97. The minimum atomic E-state index is -0.325. The third kappa shape index (κ3) is 4.98. The van der Waals surface area contributed by atoms with E-state index in [2.05, 4.69) is 11.8 Å². The van der Waals surface area contributed by atoms with E-state index in [1.165, 1.54) is 6.07 Å². The lowest BCUT2D eigenvalue weighted by molar-refractivity contribution is -0.133. The highest BCUT2D eigenvalue weighted by Crippen LogP contribution is 2.15. The van der Waals surface area contributed by atoms with Crippen molar-refractivity contribution in [2.75, 3.05) is 39.3 Å². The second-order valence-electron chi connectivity index (χ2n) is 5.60. The number of halogens is 1. The summed E-state index contributed by atoms with van der Waals surface area (Å²) in [6.07, 6.45) is 2.68. The quantitative estimate of drug-likeness (QED) is 0.776. The monoisotopic (exact) mass is 308 g/mol. The maximum Gasteiger partial charge on any atom is 0.222 e. The summed E-state index contributed by atoms with van der Waals surface area (Å²) in [4.78, 5) is 16.1.